The van der Waals surface area contributed by atoms with Crippen molar-refractivity contribution >= 4 is 11.9 Å². The highest BCUT2D eigenvalue weighted by Gasteiger charge is 2.05. The summed E-state index contributed by atoms with van der Waals surface area (Å²) in [6.07, 6.45) is 0. The maximum absolute atomic E-state index is 13.7. The molecule has 2 N–H and O–H groups in total. The first-order valence-corrected chi connectivity index (χ1v) is 8.07. The van der Waals surface area contributed by atoms with Gasteiger partial charge in [-0.3, -0.25) is 0 Å². The van der Waals surface area contributed by atoms with E-state index in [1.165, 1.54) is 13.2 Å². The number of carbonyl (C=O) groups excluding carboxylic acids is 1. The number of rotatable bonds is 6. The highest BCUT2D eigenvalue weighted by atomic mass is 19.1. The molecule has 0 amide bonds. The van der Waals surface area contributed by atoms with E-state index in [0.717, 1.165) is 5.56 Å². The summed E-state index contributed by atoms with van der Waals surface area (Å²) in [7, 11) is 1.35. The topological polar surface area (TPSA) is 62.7 Å². The van der Waals surface area contributed by atoms with E-state index in [9.17, 15) is 9.18 Å². The van der Waals surface area contributed by atoms with Gasteiger partial charge in [0.1, 0.15) is 5.82 Å². The van der Waals surface area contributed by atoms with Gasteiger partial charge >= 0.3 is 5.97 Å². The first-order valence-electron chi connectivity index (χ1n) is 8.07. The van der Waals surface area contributed by atoms with Crippen molar-refractivity contribution in [2.75, 3.05) is 13.7 Å². The molecule has 0 bridgehead atoms. The van der Waals surface area contributed by atoms with Crippen LogP contribution in [0, 0.1) is 5.82 Å². The van der Waals surface area contributed by atoms with Gasteiger partial charge < -0.3 is 15.4 Å². The van der Waals surface area contributed by atoms with Crippen molar-refractivity contribution < 1.29 is 13.9 Å². The summed E-state index contributed by atoms with van der Waals surface area (Å²) in [5.74, 6) is -0.0120. The van der Waals surface area contributed by atoms with Gasteiger partial charge in [0.05, 0.1) is 19.2 Å². The van der Waals surface area contributed by atoms with E-state index in [1.54, 1.807) is 30.3 Å². The number of methoxy groups -OCH3 is 1. The van der Waals surface area contributed by atoms with Gasteiger partial charge in [-0.05, 0) is 30.7 Å². The molecular weight excluding hydrogens is 321 g/mol. The zero-order chi connectivity index (χ0) is 18.1. The van der Waals surface area contributed by atoms with Crippen molar-refractivity contribution in [3.05, 3.63) is 71.0 Å². The lowest BCUT2D eigenvalue weighted by molar-refractivity contribution is 0.0600. The number of halogens is 1. The Hall–Kier alpha value is -2.89. The summed E-state index contributed by atoms with van der Waals surface area (Å²) in [6, 6.07) is 13.7. The zero-order valence-corrected chi connectivity index (χ0v) is 14.4. The molecule has 132 valence electrons. The van der Waals surface area contributed by atoms with Crippen LogP contribution in [-0.2, 0) is 17.8 Å². The van der Waals surface area contributed by atoms with Crippen molar-refractivity contribution in [2.45, 2.75) is 20.0 Å². The lowest BCUT2D eigenvalue weighted by atomic mass is 10.1. The fourth-order valence-electron chi connectivity index (χ4n) is 2.20. The number of ether oxygens (including phenoxy) is 1. The third-order valence-corrected chi connectivity index (χ3v) is 3.54. The van der Waals surface area contributed by atoms with Gasteiger partial charge in [0, 0.05) is 18.7 Å². The smallest absolute Gasteiger partial charge is 0.337 e. The van der Waals surface area contributed by atoms with Crippen molar-refractivity contribution in [3.63, 3.8) is 0 Å². The normalized spacial score (nSPS) is 11.1. The Bertz CT molecular complexity index is 730. The van der Waals surface area contributed by atoms with Gasteiger partial charge in [0.2, 0.25) is 0 Å². The first kappa shape index (κ1) is 18.4. The summed E-state index contributed by atoms with van der Waals surface area (Å²) in [5.41, 5.74) is 2.03. The summed E-state index contributed by atoms with van der Waals surface area (Å²) >= 11 is 0. The number of hydrogen-bond donors (Lipinski definition) is 2. The SMILES string of the molecule is CCNC(=NCc1ccc(C(=O)OC)cc1)NCc1ccccc1F. The second kappa shape index (κ2) is 9.42. The van der Waals surface area contributed by atoms with Crippen molar-refractivity contribution in [1.82, 2.24) is 10.6 Å². The minimum atomic E-state index is -0.366. The molecule has 0 aromatic heterocycles. The molecule has 0 spiro atoms. The average molecular weight is 343 g/mol. The van der Waals surface area contributed by atoms with Crippen molar-refractivity contribution in [1.29, 1.82) is 0 Å². The van der Waals surface area contributed by atoms with Crippen LogP contribution in [0.5, 0.6) is 0 Å². The van der Waals surface area contributed by atoms with Crippen LogP contribution in [0.25, 0.3) is 0 Å². The number of nitrogens with zero attached hydrogens (tertiary/aromatic N) is 1. The molecule has 0 aliphatic heterocycles. The third-order valence-electron chi connectivity index (χ3n) is 3.54. The van der Waals surface area contributed by atoms with Crippen LogP contribution < -0.4 is 10.6 Å². The van der Waals surface area contributed by atoms with Gasteiger partial charge in [-0.2, -0.15) is 0 Å². The largest absolute Gasteiger partial charge is 0.465 e. The number of hydrogen-bond acceptors (Lipinski definition) is 3. The molecule has 25 heavy (non-hydrogen) atoms. The van der Waals surface area contributed by atoms with Gasteiger partial charge in [-0.15, -0.1) is 0 Å². The van der Waals surface area contributed by atoms with Gasteiger partial charge in [-0.25, -0.2) is 14.2 Å². The van der Waals surface area contributed by atoms with Crippen LogP contribution in [0.3, 0.4) is 0 Å². The van der Waals surface area contributed by atoms with Crippen molar-refractivity contribution in [3.8, 4) is 0 Å². The Labute approximate surface area is 146 Å². The predicted molar refractivity (Wildman–Crippen MR) is 95.8 cm³/mol. The molecule has 0 heterocycles. The van der Waals surface area contributed by atoms with E-state index >= 15 is 0 Å². The van der Waals surface area contributed by atoms with Crippen LogP contribution in [0.1, 0.15) is 28.4 Å². The number of guanidine groups is 1. The van der Waals surface area contributed by atoms with Crippen molar-refractivity contribution in [2.24, 2.45) is 4.99 Å². The molecular formula is C19H22FN3O2. The fourth-order valence-corrected chi connectivity index (χ4v) is 2.20. The summed E-state index contributed by atoms with van der Waals surface area (Å²) < 4.78 is 18.3. The lowest BCUT2D eigenvalue weighted by Crippen LogP contribution is -2.37. The molecule has 0 fully saturated rings. The molecule has 0 saturated carbocycles. The van der Waals surface area contributed by atoms with Crippen LogP contribution in [-0.4, -0.2) is 25.6 Å². The maximum atomic E-state index is 13.7. The number of aliphatic imine (C=N–C) groups is 1. The first-order chi connectivity index (χ1) is 12.1. The number of nitrogens with one attached hydrogen (secondary N) is 2. The van der Waals surface area contributed by atoms with Crippen LogP contribution in [0.15, 0.2) is 53.5 Å². The lowest BCUT2D eigenvalue weighted by Gasteiger charge is -2.12. The fraction of sp³-hybridized carbons (Fsp3) is 0.263. The molecule has 2 aromatic carbocycles. The van der Waals surface area contributed by atoms with Crippen LogP contribution in [0.4, 0.5) is 4.39 Å². The highest BCUT2D eigenvalue weighted by molar-refractivity contribution is 5.89. The molecule has 0 aliphatic rings. The van der Waals surface area contributed by atoms with Crippen LogP contribution >= 0.6 is 0 Å². The Morgan fingerprint density at radius 1 is 1.12 bits per heavy atom. The molecule has 0 unspecified atom stereocenters. The second-order valence-corrected chi connectivity index (χ2v) is 5.33. The van der Waals surface area contributed by atoms with Gasteiger partial charge in [0.25, 0.3) is 0 Å². The Morgan fingerprint density at radius 2 is 1.84 bits per heavy atom. The zero-order valence-electron chi connectivity index (χ0n) is 14.4. The molecule has 0 saturated heterocycles. The third kappa shape index (κ3) is 5.60. The molecule has 0 aliphatic carbocycles. The number of carbonyl (C=O) groups is 1. The Kier molecular flexibility index (Phi) is 6.95. The Balaban J connectivity index is 1.99. The molecule has 0 radical (unpaired) electrons. The summed E-state index contributed by atoms with van der Waals surface area (Å²) in [5, 5.41) is 6.24. The number of esters is 1. The summed E-state index contributed by atoms with van der Waals surface area (Å²) in [4.78, 5) is 15.9. The van der Waals surface area contributed by atoms with E-state index in [2.05, 4.69) is 20.4 Å². The summed E-state index contributed by atoms with van der Waals surface area (Å²) in [6.45, 7) is 3.45. The minimum Gasteiger partial charge on any atom is -0.465 e. The molecule has 2 aromatic rings. The molecule has 5 nitrogen and oxygen atoms in total. The van der Waals surface area contributed by atoms with E-state index in [4.69, 9.17) is 0 Å². The van der Waals surface area contributed by atoms with E-state index < -0.39 is 0 Å². The standard InChI is InChI=1S/C19H22FN3O2/c1-3-21-19(23-13-16-6-4-5-7-17(16)20)22-12-14-8-10-15(11-9-14)18(24)25-2/h4-11H,3,12-13H2,1-2H3,(H2,21,22,23). The van der Waals surface area contributed by atoms with E-state index in [-0.39, 0.29) is 11.8 Å². The van der Waals surface area contributed by atoms with Gasteiger partial charge in [-0.1, -0.05) is 30.3 Å². The minimum absolute atomic E-state index is 0.246. The maximum Gasteiger partial charge on any atom is 0.337 e. The molecule has 6 heteroatoms. The molecule has 0 atom stereocenters. The highest BCUT2D eigenvalue weighted by Crippen LogP contribution is 2.08. The van der Waals surface area contributed by atoms with Crippen LogP contribution in [0.2, 0.25) is 0 Å². The predicted octanol–water partition coefficient (Wildman–Crippen LogP) is 2.87. The second-order valence-electron chi connectivity index (χ2n) is 5.33. The quantitative estimate of drug-likeness (QED) is 0.481. The van der Waals surface area contributed by atoms with E-state index in [0.29, 0.717) is 36.7 Å². The molecule has 2 rings (SSSR count). The average Bonchev–Trinajstić information content (AvgIpc) is 2.65. The number of benzene rings is 2. The van der Waals surface area contributed by atoms with E-state index in [1.807, 2.05) is 19.1 Å². The monoisotopic (exact) mass is 343 g/mol. The van der Waals surface area contributed by atoms with Gasteiger partial charge in [0.15, 0.2) is 5.96 Å². The Morgan fingerprint density at radius 3 is 2.48 bits per heavy atom.